The van der Waals surface area contributed by atoms with Crippen molar-refractivity contribution in [2.45, 2.75) is 38.8 Å². The molecule has 1 amide bonds. The zero-order chi connectivity index (χ0) is 15.9. The van der Waals surface area contributed by atoms with Crippen LogP contribution >= 0.6 is 0 Å². The van der Waals surface area contributed by atoms with E-state index in [0.717, 1.165) is 11.9 Å². The van der Waals surface area contributed by atoms with Gasteiger partial charge in [-0.25, -0.2) is 9.18 Å². The zero-order valence-electron chi connectivity index (χ0n) is 13.0. The molecule has 0 spiro atoms. The van der Waals surface area contributed by atoms with Crippen LogP contribution in [-0.4, -0.2) is 39.5 Å². The summed E-state index contributed by atoms with van der Waals surface area (Å²) in [5.74, 6) is -0.272. The number of hydrogen-bond donors (Lipinski definition) is 0. The number of likely N-dealkylation sites (tertiary alicyclic amines) is 1. The van der Waals surface area contributed by atoms with Gasteiger partial charge < -0.3 is 9.64 Å². The van der Waals surface area contributed by atoms with Crippen LogP contribution < -0.4 is 0 Å². The van der Waals surface area contributed by atoms with Crippen LogP contribution in [0.5, 0.6) is 0 Å². The quantitative estimate of drug-likeness (QED) is 0.811. The average molecular weight is 305 g/mol. The molecule has 1 aliphatic heterocycles. The van der Waals surface area contributed by atoms with Crippen molar-refractivity contribution in [1.82, 2.24) is 14.7 Å². The molecule has 1 aromatic carbocycles. The second-order valence-electron chi connectivity index (χ2n) is 6.63. The Hall–Kier alpha value is -2.11. The van der Waals surface area contributed by atoms with Gasteiger partial charge in [0, 0.05) is 13.1 Å². The first kappa shape index (κ1) is 14.8. The van der Waals surface area contributed by atoms with Crippen molar-refractivity contribution in [1.29, 1.82) is 0 Å². The van der Waals surface area contributed by atoms with Gasteiger partial charge in [-0.3, -0.25) is 4.68 Å². The lowest BCUT2D eigenvalue weighted by atomic mass is 10.2. The second kappa shape index (κ2) is 5.26. The molecule has 0 N–H and O–H groups in total. The minimum Gasteiger partial charge on any atom is -0.444 e. The summed E-state index contributed by atoms with van der Waals surface area (Å²) in [4.78, 5) is 13.8. The summed E-state index contributed by atoms with van der Waals surface area (Å²) >= 11 is 0. The van der Waals surface area contributed by atoms with E-state index in [2.05, 4.69) is 5.10 Å². The number of rotatable bonds is 1. The highest BCUT2D eigenvalue weighted by molar-refractivity contribution is 5.79. The van der Waals surface area contributed by atoms with E-state index in [1.807, 2.05) is 31.5 Å². The zero-order valence-corrected chi connectivity index (χ0v) is 13.0. The van der Waals surface area contributed by atoms with Gasteiger partial charge in [0.2, 0.25) is 0 Å². The number of ether oxygens (including phenoxy) is 1. The van der Waals surface area contributed by atoms with Crippen molar-refractivity contribution in [2.75, 3.05) is 13.1 Å². The molecule has 0 saturated carbocycles. The van der Waals surface area contributed by atoms with E-state index < -0.39 is 5.60 Å². The lowest BCUT2D eigenvalue weighted by Crippen LogP contribution is -2.35. The number of benzene rings is 1. The van der Waals surface area contributed by atoms with Crippen molar-refractivity contribution in [3.05, 3.63) is 30.2 Å². The molecule has 1 fully saturated rings. The fourth-order valence-corrected chi connectivity index (χ4v) is 2.76. The van der Waals surface area contributed by atoms with Gasteiger partial charge in [-0.05, 0) is 39.3 Å². The van der Waals surface area contributed by atoms with E-state index >= 15 is 0 Å². The van der Waals surface area contributed by atoms with Crippen LogP contribution in [0.25, 0.3) is 10.9 Å². The molecule has 1 aliphatic rings. The van der Waals surface area contributed by atoms with Crippen molar-refractivity contribution < 1.29 is 13.9 Å². The van der Waals surface area contributed by atoms with Crippen molar-refractivity contribution >= 4 is 17.0 Å². The Balaban J connectivity index is 1.77. The minimum absolute atomic E-state index is 0.0480. The molecule has 0 unspecified atom stereocenters. The molecule has 22 heavy (non-hydrogen) atoms. The topological polar surface area (TPSA) is 47.4 Å². The Bertz CT molecular complexity index is 705. The van der Waals surface area contributed by atoms with Crippen LogP contribution in [0.15, 0.2) is 24.4 Å². The van der Waals surface area contributed by atoms with Crippen LogP contribution in [0.3, 0.4) is 0 Å². The SMILES string of the molecule is CC(C)(C)OC(=O)N1CC[C@@H](n2ncc3c(F)cccc32)C1. The fourth-order valence-electron chi connectivity index (χ4n) is 2.76. The minimum atomic E-state index is -0.503. The van der Waals surface area contributed by atoms with E-state index in [1.54, 1.807) is 17.2 Å². The summed E-state index contributed by atoms with van der Waals surface area (Å²) in [7, 11) is 0. The molecule has 0 radical (unpaired) electrons. The fraction of sp³-hybridized carbons (Fsp3) is 0.500. The first-order chi connectivity index (χ1) is 10.3. The number of amides is 1. The molecule has 118 valence electrons. The number of hydrogen-bond acceptors (Lipinski definition) is 3. The van der Waals surface area contributed by atoms with Crippen LogP contribution in [0.2, 0.25) is 0 Å². The Kier molecular flexibility index (Phi) is 3.54. The summed E-state index contributed by atoms with van der Waals surface area (Å²) in [6, 6.07) is 5.00. The van der Waals surface area contributed by atoms with Gasteiger partial charge in [-0.1, -0.05) is 6.07 Å². The second-order valence-corrected chi connectivity index (χ2v) is 6.63. The standard InChI is InChI=1S/C16H20FN3O2/c1-16(2,3)22-15(21)19-8-7-11(10-19)20-14-6-4-5-13(17)12(14)9-18-20/h4-6,9,11H,7-8,10H2,1-3H3/t11-/m1/s1. The van der Waals surface area contributed by atoms with Gasteiger partial charge in [-0.15, -0.1) is 0 Å². The van der Waals surface area contributed by atoms with E-state index in [1.165, 1.54) is 6.07 Å². The lowest BCUT2D eigenvalue weighted by Gasteiger charge is -2.24. The largest absolute Gasteiger partial charge is 0.444 e. The highest BCUT2D eigenvalue weighted by Gasteiger charge is 2.31. The normalized spacial score (nSPS) is 18.9. The van der Waals surface area contributed by atoms with Crippen LogP contribution in [0, 0.1) is 5.82 Å². The number of halogens is 1. The molecule has 0 bridgehead atoms. The van der Waals surface area contributed by atoms with Crippen LogP contribution in [-0.2, 0) is 4.74 Å². The Morgan fingerprint density at radius 1 is 1.41 bits per heavy atom. The van der Waals surface area contributed by atoms with Crippen molar-refractivity contribution in [3.63, 3.8) is 0 Å². The van der Waals surface area contributed by atoms with Gasteiger partial charge in [0.1, 0.15) is 11.4 Å². The number of nitrogens with zero attached hydrogens (tertiary/aromatic N) is 3. The molecule has 1 atom stereocenters. The monoisotopic (exact) mass is 305 g/mol. The first-order valence-corrected chi connectivity index (χ1v) is 7.45. The van der Waals surface area contributed by atoms with Gasteiger partial charge in [-0.2, -0.15) is 5.10 Å². The summed E-state index contributed by atoms with van der Waals surface area (Å²) < 4.78 is 20.9. The Labute approximate surface area is 128 Å². The molecular formula is C16H20FN3O2. The Morgan fingerprint density at radius 2 is 2.18 bits per heavy atom. The van der Waals surface area contributed by atoms with Crippen LogP contribution in [0.1, 0.15) is 33.2 Å². The predicted octanol–water partition coefficient (Wildman–Crippen LogP) is 3.36. The van der Waals surface area contributed by atoms with E-state index in [4.69, 9.17) is 4.74 Å². The third-order valence-electron chi connectivity index (χ3n) is 3.75. The van der Waals surface area contributed by atoms with Crippen molar-refractivity contribution in [3.8, 4) is 0 Å². The van der Waals surface area contributed by atoms with Gasteiger partial charge in [0.15, 0.2) is 0 Å². The van der Waals surface area contributed by atoms with E-state index in [-0.39, 0.29) is 18.0 Å². The smallest absolute Gasteiger partial charge is 0.410 e. The third-order valence-corrected chi connectivity index (χ3v) is 3.75. The summed E-state index contributed by atoms with van der Waals surface area (Å²) in [6.07, 6.45) is 2.02. The number of aromatic nitrogens is 2. The van der Waals surface area contributed by atoms with E-state index in [9.17, 15) is 9.18 Å². The third kappa shape index (κ3) is 2.77. The highest BCUT2D eigenvalue weighted by Crippen LogP contribution is 2.27. The molecule has 5 nitrogen and oxygen atoms in total. The molecule has 6 heteroatoms. The molecule has 1 aromatic heterocycles. The molecule has 2 aromatic rings. The summed E-state index contributed by atoms with van der Waals surface area (Å²) in [5, 5.41) is 4.82. The first-order valence-electron chi connectivity index (χ1n) is 7.45. The summed E-state index contributed by atoms with van der Waals surface area (Å²) in [6.45, 7) is 6.70. The summed E-state index contributed by atoms with van der Waals surface area (Å²) in [5.41, 5.74) is 0.257. The molecular weight excluding hydrogens is 285 g/mol. The molecule has 1 saturated heterocycles. The average Bonchev–Trinajstić information content (AvgIpc) is 3.03. The lowest BCUT2D eigenvalue weighted by molar-refractivity contribution is 0.0288. The molecule has 3 rings (SSSR count). The van der Waals surface area contributed by atoms with Crippen molar-refractivity contribution in [2.24, 2.45) is 0 Å². The number of fused-ring (bicyclic) bond motifs is 1. The van der Waals surface area contributed by atoms with Gasteiger partial charge in [0.05, 0.1) is 23.1 Å². The maximum atomic E-state index is 13.7. The number of carbonyl (C=O) groups excluding carboxylic acids is 1. The number of carbonyl (C=O) groups is 1. The van der Waals surface area contributed by atoms with Gasteiger partial charge >= 0.3 is 6.09 Å². The Morgan fingerprint density at radius 3 is 2.91 bits per heavy atom. The molecule has 0 aliphatic carbocycles. The maximum absolute atomic E-state index is 13.7. The highest BCUT2D eigenvalue weighted by atomic mass is 19.1. The maximum Gasteiger partial charge on any atom is 0.410 e. The van der Waals surface area contributed by atoms with Crippen LogP contribution in [0.4, 0.5) is 9.18 Å². The van der Waals surface area contributed by atoms with Gasteiger partial charge in [0.25, 0.3) is 0 Å². The van der Waals surface area contributed by atoms with E-state index in [0.29, 0.717) is 18.5 Å². The molecule has 2 heterocycles. The predicted molar refractivity (Wildman–Crippen MR) is 81.2 cm³/mol.